The molecule has 1 aliphatic heterocycles. The van der Waals surface area contributed by atoms with Crippen molar-refractivity contribution in [1.29, 1.82) is 0 Å². The Balaban J connectivity index is 2.39. The van der Waals surface area contributed by atoms with E-state index in [9.17, 15) is 0 Å². The van der Waals surface area contributed by atoms with Gasteiger partial charge in [-0.15, -0.1) is 0 Å². The summed E-state index contributed by atoms with van der Waals surface area (Å²) in [4.78, 5) is 2.54. The van der Waals surface area contributed by atoms with Crippen molar-refractivity contribution in [3.05, 3.63) is 0 Å². The summed E-state index contributed by atoms with van der Waals surface area (Å²) in [5, 5.41) is 3.44. The fourth-order valence-electron chi connectivity index (χ4n) is 2.54. The molecule has 0 aliphatic carbocycles. The topological polar surface area (TPSA) is 24.5 Å². The molecule has 0 unspecified atom stereocenters. The SMILES string of the molecule is CCNCC(C)(C)CN1C[C@@H](C)O[C@@H](C)C1. The third kappa shape index (κ3) is 4.81. The molecule has 0 aromatic carbocycles. The first-order valence-electron chi connectivity index (χ1n) is 6.51. The molecule has 1 aliphatic rings. The Morgan fingerprint density at radius 2 is 1.81 bits per heavy atom. The Kier molecular flexibility index (Phi) is 5.22. The summed E-state index contributed by atoms with van der Waals surface area (Å²) < 4.78 is 5.75. The number of morpholine rings is 1. The van der Waals surface area contributed by atoms with E-state index in [4.69, 9.17) is 4.74 Å². The quantitative estimate of drug-likeness (QED) is 0.775. The number of rotatable bonds is 5. The van der Waals surface area contributed by atoms with Gasteiger partial charge in [-0.05, 0) is 25.8 Å². The van der Waals surface area contributed by atoms with Crippen LogP contribution in [0, 0.1) is 5.41 Å². The van der Waals surface area contributed by atoms with Crippen molar-refractivity contribution in [3.63, 3.8) is 0 Å². The van der Waals surface area contributed by atoms with Crippen molar-refractivity contribution in [2.24, 2.45) is 5.41 Å². The predicted octanol–water partition coefficient (Wildman–Crippen LogP) is 1.73. The highest BCUT2D eigenvalue weighted by molar-refractivity contribution is 4.80. The number of nitrogens with zero attached hydrogens (tertiary/aromatic N) is 1. The molecular formula is C13H28N2O. The summed E-state index contributed by atoms with van der Waals surface area (Å²) >= 11 is 0. The van der Waals surface area contributed by atoms with E-state index < -0.39 is 0 Å². The van der Waals surface area contributed by atoms with Crippen molar-refractivity contribution in [2.75, 3.05) is 32.7 Å². The Labute approximate surface area is 101 Å². The number of ether oxygens (including phenoxy) is 1. The lowest BCUT2D eigenvalue weighted by Crippen LogP contribution is -2.50. The highest BCUT2D eigenvalue weighted by atomic mass is 16.5. The van der Waals surface area contributed by atoms with Gasteiger partial charge in [0.25, 0.3) is 0 Å². The second kappa shape index (κ2) is 5.99. The number of nitrogens with one attached hydrogen (secondary N) is 1. The van der Waals surface area contributed by atoms with Crippen molar-refractivity contribution in [3.8, 4) is 0 Å². The molecule has 0 bridgehead atoms. The van der Waals surface area contributed by atoms with Crippen molar-refractivity contribution < 1.29 is 4.74 Å². The van der Waals surface area contributed by atoms with Crippen LogP contribution in [0.1, 0.15) is 34.6 Å². The summed E-state index contributed by atoms with van der Waals surface area (Å²) in [6, 6.07) is 0. The molecule has 1 rings (SSSR count). The zero-order valence-electron chi connectivity index (χ0n) is 11.5. The van der Waals surface area contributed by atoms with E-state index in [0.29, 0.717) is 17.6 Å². The van der Waals surface area contributed by atoms with Gasteiger partial charge in [-0.3, -0.25) is 4.90 Å². The van der Waals surface area contributed by atoms with Crippen molar-refractivity contribution in [1.82, 2.24) is 10.2 Å². The zero-order valence-corrected chi connectivity index (χ0v) is 11.5. The third-order valence-electron chi connectivity index (χ3n) is 3.00. The molecule has 3 heteroatoms. The summed E-state index contributed by atoms with van der Waals surface area (Å²) in [6.07, 6.45) is 0.748. The van der Waals surface area contributed by atoms with Crippen LogP contribution in [0.15, 0.2) is 0 Å². The maximum atomic E-state index is 5.75. The molecule has 0 radical (unpaired) electrons. The van der Waals surface area contributed by atoms with Crippen LogP contribution >= 0.6 is 0 Å². The standard InChI is InChI=1S/C13H28N2O/c1-6-14-9-13(4,5)10-15-7-11(2)16-12(3)8-15/h11-12,14H,6-10H2,1-5H3/t11-,12+. The molecule has 0 saturated carbocycles. The van der Waals surface area contributed by atoms with Crippen LogP contribution in [0.2, 0.25) is 0 Å². The van der Waals surface area contributed by atoms with E-state index in [2.05, 4.69) is 44.8 Å². The average Bonchev–Trinajstić information content (AvgIpc) is 2.12. The largest absolute Gasteiger partial charge is 0.373 e. The minimum Gasteiger partial charge on any atom is -0.373 e. The molecule has 3 nitrogen and oxygen atoms in total. The first-order chi connectivity index (χ1) is 7.43. The van der Waals surface area contributed by atoms with Crippen LogP contribution in [0.5, 0.6) is 0 Å². The van der Waals surface area contributed by atoms with Gasteiger partial charge >= 0.3 is 0 Å². The monoisotopic (exact) mass is 228 g/mol. The maximum Gasteiger partial charge on any atom is 0.0678 e. The van der Waals surface area contributed by atoms with Gasteiger partial charge in [0.05, 0.1) is 12.2 Å². The molecule has 0 aromatic rings. The van der Waals surface area contributed by atoms with Gasteiger partial charge in [0, 0.05) is 26.2 Å². The molecule has 0 amide bonds. The van der Waals surface area contributed by atoms with Gasteiger partial charge in [0.2, 0.25) is 0 Å². The lowest BCUT2D eigenvalue weighted by Gasteiger charge is -2.39. The van der Waals surface area contributed by atoms with Crippen molar-refractivity contribution >= 4 is 0 Å². The molecule has 1 fully saturated rings. The van der Waals surface area contributed by atoms with Crippen LogP contribution in [-0.2, 0) is 4.74 Å². The first kappa shape index (κ1) is 13.9. The maximum absolute atomic E-state index is 5.75. The van der Waals surface area contributed by atoms with Gasteiger partial charge in [-0.1, -0.05) is 20.8 Å². The molecule has 0 aromatic heterocycles. The molecule has 1 N–H and O–H groups in total. The summed E-state index contributed by atoms with van der Waals surface area (Å²) in [7, 11) is 0. The fourth-order valence-corrected chi connectivity index (χ4v) is 2.54. The minimum absolute atomic E-state index is 0.340. The highest BCUT2D eigenvalue weighted by Crippen LogP contribution is 2.19. The van der Waals surface area contributed by atoms with Crippen LogP contribution in [0.25, 0.3) is 0 Å². The second-order valence-electron chi connectivity index (χ2n) is 5.90. The van der Waals surface area contributed by atoms with Crippen LogP contribution in [0.3, 0.4) is 0 Å². The summed E-state index contributed by atoms with van der Waals surface area (Å²) in [5.41, 5.74) is 0.340. The van der Waals surface area contributed by atoms with E-state index in [1.54, 1.807) is 0 Å². The van der Waals surface area contributed by atoms with Gasteiger partial charge in [-0.2, -0.15) is 0 Å². The first-order valence-corrected chi connectivity index (χ1v) is 6.51. The van der Waals surface area contributed by atoms with Gasteiger partial charge in [0.1, 0.15) is 0 Å². The number of hydrogen-bond acceptors (Lipinski definition) is 3. The highest BCUT2D eigenvalue weighted by Gasteiger charge is 2.27. The van der Waals surface area contributed by atoms with Crippen LogP contribution < -0.4 is 5.32 Å². The molecule has 2 atom stereocenters. The molecule has 16 heavy (non-hydrogen) atoms. The van der Waals surface area contributed by atoms with E-state index in [-0.39, 0.29) is 0 Å². The van der Waals surface area contributed by atoms with Crippen LogP contribution in [-0.4, -0.2) is 49.8 Å². The van der Waals surface area contributed by atoms with E-state index >= 15 is 0 Å². The van der Waals surface area contributed by atoms with E-state index in [1.165, 1.54) is 0 Å². The Morgan fingerprint density at radius 3 is 2.31 bits per heavy atom. The van der Waals surface area contributed by atoms with Crippen LogP contribution in [0.4, 0.5) is 0 Å². The Bertz CT molecular complexity index is 196. The second-order valence-corrected chi connectivity index (χ2v) is 5.90. The van der Waals surface area contributed by atoms with E-state index in [0.717, 1.165) is 32.7 Å². The average molecular weight is 228 g/mol. The minimum atomic E-state index is 0.340. The molecular weight excluding hydrogens is 200 g/mol. The number of hydrogen-bond donors (Lipinski definition) is 1. The summed E-state index contributed by atoms with van der Waals surface area (Å²) in [6.45, 7) is 16.6. The fraction of sp³-hybridized carbons (Fsp3) is 1.00. The molecule has 96 valence electrons. The van der Waals surface area contributed by atoms with Gasteiger partial charge < -0.3 is 10.1 Å². The lowest BCUT2D eigenvalue weighted by molar-refractivity contribution is -0.0755. The molecule has 1 heterocycles. The predicted molar refractivity (Wildman–Crippen MR) is 68.8 cm³/mol. The summed E-state index contributed by atoms with van der Waals surface area (Å²) in [5.74, 6) is 0. The van der Waals surface area contributed by atoms with Gasteiger partial charge in [0.15, 0.2) is 0 Å². The molecule has 1 saturated heterocycles. The Morgan fingerprint density at radius 1 is 1.25 bits per heavy atom. The van der Waals surface area contributed by atoms with Gasteiger partial charge in [-0.25, -0.2) is 0 Å². The smallest absolute Gasteiger partial charge is 0.0678 e. The third-order valence-corrected chi connectivity index (χ3v) is 3.00. The van der Waals surface area contributed by atoms with Crippen molar-refractivity contribution in [2.45, 2.75) is 46.8 Å². The Hall–Kier alpha value is -0.120. The normalized spacial score (nSPS) is 28.3. The zero-order chi connectivity index (χ0) is 12.2. The van der Waals surface area contributed by atoms with E-state index in [1.807, 2.05) is 0 Å². The molecule has 0 spiro atoms. The lowest BCUT2D eigenvalue weighted by atomic mass is 9.92.